The number of nitrogens with zero attached hydrogens (tertiary/aromatic N) is 3. The van der Waals surface area contributed by atoms with Crippen molar-refractivity contribution in [3.05, 3.63) is 47.3 Å². The van der Waals surface area contributed by atoms with E-state index in [0.717, 1.165) is 15.8 Å². The molecule has 2 N–H and O–H groups in total. The molecule has 1 amide bonds. The van der Waals surface area contributed by atoms with Gasteiger partial charge in [-0.25, -0.2) is 9.97 Å². The lowest BCUT2D eigenvalue weighted by molar-refractivity contribution is -0.128. The molecule has 2 heterocycles. The lowest BCUT2D eigenvalue weighted by atomic mass is 10.1. The van der Waals surface area contributed by atoms with Crippen LogP contribution in [-0.4, -0.2) is 33.6 Å². The lowest BCUT2D eigenvalue weighted by Crippen LogP contribution is -2.31. The van der Waals surface area contributed by atoms with Gasteiger partial charge in [0.25, 0.3) is 0 Å². The highest BCUT2D eigenvalue weighted by Crippen LogP contribution is 2.27. The van der Waals surface area contributed by atoms with E-state index in [1.807, 2.05) is 55.7 Å². The minimum Gasteiger partial charge on any atom is -0.383 e. The number of nitrogen functional groups attached to an aromatic ring is 1. The van der Waals surface area contributed by atoms with Crippen molar-refractivity contribution in [1.29, 1.82) is 0 Å². The fourth-order valence-corrected chi connectivity index (χ4v) is 3.93. The summed E-state index contributed by atoms with van der Waals surface area (Å²) in [4.78, 5) is 23.8. The Labute approximate surface area is 148 Å². The van der Waals surface area contributed by atoms with Crippen LogP contribution >= 0.6 is 23.1 Å². The molecule has 2 aromatic heterocycles. The quantitative estimate of drug-likeness (QED) is 0.557. The molecule has 0 bridgehead atoms. The summed E-state index contributed by atoms with van der Waals surface area (Å²) in [6.45, 7) is 2.02. The van der Waals surface area contributed by atoms with Crippen LogP contribution in [0, 0.1) is 0 Å². The Balaban J connectivity index is 1.65. The molecule has 0 saturated heterocycles. The van der Waals surface area contributed by atoms with Crippen molar-refractivity contribution in [1.82, 2.24) is 14.9 Å². The Morgan fingerprint density at radius 2 is 2.04 bits per heavy atom. The van der Waals surface area contributed by atoms with Crippen LogP contribution < -0.4 is 5.73 Å². The topological polar surface area (TPSA) is 72.1 Å². The standard InChI is InChI=1S/C17H18N4OS2/c1-11(12-6-4-3-5-7-12)21(2)14(22)10-24-17-19-15(18)13-8-9-23-16(13)20-17/h3-9,11H,10H2,1-2H3,(H2,18,19,20)/t11-/m0/s1. The van der Waals surface area contributed by atoms with E-state index in [1.54, 1.807) is 4.90 Å². The minimum atomic E-state index is 0.0186. The number of thioether (sulfide) groups is 1. The van der Waals surface area contributed by atoms with Gasteiger partial charge >= 0.3 is 0 Å². The Morgan fingerprint density at radius 1 is 1.29 bits per heavy atom. The summed E-state index contributed by atoms with van der Waals surface area (Å²) >= 11 is 2.83. The van der Waals surface area contributed by atoms with E-state index in [1.165, 1.54) is 23.1 Å². The SMILES string of the molecule is C[C@@H](c1ccccc1)N(C)C(=O)CSc1nc(N)c2ccsc2n1. The van der Waals surface area contributed by atoms with Gasteiger partial charge in [-0.2, -0.15) is 0 Å². The lowest BCUT2D eigenvalue weighted by Gasteiger charge is -2.25. The van der Waals surface area contributed by atoms with Crippen molar-refractivity contribution < 1.29 is 4.79 Å². The van der Waals surface area contributed by atoms with Gasteiger partial charge in [0.1, 0.15) is 10.6 Å². The van der Waals surface area contributed by atoms with E-state index in [-0.39, 0.29) is 17.7 Å². The number of hydrogen-bond donors (Lipinski definition) is 1. The Morgan fingerprint density at radius 3 is 2.79 bits per heavy atom. The number of hydrogen-bond acceptors (Lipinski definition) is 6. The third-order valence-electron chi connectivity index (χ3n) is 3.92. The first-order valence-electron chi connectivity index (χ1n) is 7.50. The molecular formula is C17H18N4OS2. The van der Waals surface area contributed by atoms with E-state index < -0.39 is 0 Å². The summed E-state index contributed by atoms with van der Waals surface area (Å²) in [5.74, 6) is 0.774. The summed E-state index contributed by atoms with van der Waals surface area (Å²) in [5.41, 5.74) is 7.05. The van der Waals surface area contributed by atoms with Gasteiger partial charge in [-0.3, -0.25) is 4.79 Å². The highest BCUT2D eigenvalue weighted by molar-refractivity contribution is 7.99. The second kappa shape index (κ2) is 7.19. The molecule has 3 aromatic rings. The predicted octanol–water partition coefficient (Wildman–Crippen LogP) is 3.59. The van der Waals surface area contributed by atoms with Crippen molar-refractivity contribution in [2.45, 2.75) is 18.1 Å². The number of anilines is 1. The summed E-state index contributed by atoms with van der Waals surface area (Å²) in [5, 5.41) is 3.34. The third-order valence-corrected chi connectivity index (χ3v) is 5.55. The predicted molar refractivity (Wildman–Crippen MR) is 100 cm³/mol. The molecule has 0 radical (unpaired) electrons. The number of carbonyl (C=O) groups excluding carboxylic acids is 1. The van der Waals surface area contributed by atoms with Gasteiger partial charge in [0.15, 0.2) is 5.16 Å². The molecule has 0 spiro atoms. The first-order chi connectivity index (χ1) is 11.6. The molecule has 24 heavy (non-hydrogen) atoms. The molecule has 5 nitrogen and oxygen atoms in total. The molecule has 3 rings (SSSR count). The average Bonchev–Trinajstić information content (AvgIpc) is 3.08. The minimum absolute atomic E-state index is 0.0186. The van der Waals surface area contributed by atoms with E-state index >= 15 is 0 Å². The molecule has 7 heteroatoms. The van der Waals surface area contributed by atoms with Gasteiger partial charge < -0.3 is 10.6 Å². The van der Waals surface area contributed by atoms with E-state index in [2.05, 4.69) is 9.97 Å². The van der Waals surface area contributed by atoms with Gasteiger partial charge in [-0.15, -0.1) is 11.3 Å². The molecular weight excluding hydrogens is 340 g/mol. The fraction of sp³-hybridized carbons (Fsp3) is 0.235. The summed E-state index contributed by atoms with van der Waals surface area (Å²) < 4.78 is 0. The normalized spacial score (nSPS) is 12.2. The molecule has 0 unspecified atom stereocenters. The van der Waals surface area contributed by atoms with Gasteiger partial charge in [0, 0.05) is 7.05 Å². The first-order valence-corrected chi connectivity index (χ1v) is 9.37. The zero-order chi connectivity index (χ0) is 17.1. The summed E-state index contributed by atoms with van der Waals surface area (Å²) in [7, 11) is 1.82. The second-order valence-electron chi connectivity index (χ2n) is 5.41. The number of rotatable bonds is 5. The zero-order valence-electron chi connectivity index (χ0n) is 13.5. The van der Waals surface area contributed by atoms with Crippen molar-refractivity contribution in [3.63, 3.8) is 0 Å². The number of carbonyl (C=O) groups is 1. The number of thiophene rings is 1. The fourth-order valence-electron chi connectivity index (χ4n) is 2.32. The largest absolute Gasteiger partial charge is 0.383 e. The maximum Gasteiger partial charge on any atom is 0.233 e. The van der Waals surface area contributed by atoms with Crippen LogP contribution in [0.2, 0.25) is 0 Å². The van der Waals surface area contributed by atoms with Crippen LogP contribution in [0.25, 0.3) is 10.2 Å². The number of fused-ring (bicyclic) bond motifs is 1. The highest BCUT2D eigenvalue weighted by atomic mass is 32.2. The van der Waals surface area contributed by atoms with Crippen LogP contribution in [0.3, 0.4) is 0 Å². The number of benzene rings is 1. The van der Waals surface area contributed by atoms with Crippen LogP contribution in [0.1, 0.15) is 18.5 Å². The number of aromatic nitrogens is 2. The van der Waals surface area contributed by atoms with Gasteiger partial charge in [0.05, 0.1) is 17.2 Å². The van der Waals surface area contributed by atoms with E-state index in [4.69, 9.17) is 5.73 Å². The van der Waals surface area contributed by atoms with Gasteiger partial charge in [0.2, 0.25) is 5.91 Å². The maximum absolute atomic E-state index is 12.5. The second-order valence-corrected chi connectivity index (χ2v) is 7.25. The van der Waals surface area contributed by atoms with Crippen molar-refractivity contribution in [2.75, 3.05) is 18.5 Å². The Bertz CT molecular complexity index is 850. The maximum atomic E-state index is 12.5. The molecule has 0 aliphatic rings. The van der Waals surface area contributed by atoms with Crippen LogP contribution in [0.5, 0.6) is 0 Å². The summed E-state index contributed by atoms with van der Waals surface area (Å²) in [6, 6.07) is 11.9. The molecule has 124 valence electrons. The van der Waals surface area contributed by atoms with Crippen molar-refractivity contribution in [3.8, 4) is 0 Å². The molecule has 0 fully saturated rings. The zero-order valence-corrected chi connectivity index (χ0v) is 15.1. The smallest absolute Gasteiger partial charge is 0.233 e. The molecule has 1 atom stereocenters. The molecule has 0 aliphatic carbocycles. The highest BCUT2D eigenvalue weighted by Gasteiger charge is 2.18. The van der Waals surface area contributed by atoms with E-state index in [0.29, 0.717) is 11.0 Å². The van der Waals surface area contributed by atoms with Crippen molar-refractivity contribution >= 4 is 45.0 Å². The van der Waals surface area contributed by atoms with Crippen LogP contribution in [0.15, 0.2) is 46.9 Å². The Kier molecular flexibility index (Phi) is 5.01. The van der Waals surface area contributed by atoms with Gasteiger partial charge in [-0.05, 0) is 23.9 Å². The van der Waals surface area contributed by atoms with Crippen LogP contribution in [0.4, 0.5) is 5.82 Å². The van der Waals surface area contributed by atoms with Crippen molar-refractivity contribution in [2.24, 2.45) is 0 Å². The number of amides is 1. The monoisotopic (exact) mass is 358 g/mol. The molecule has 0 aliphatic heterocycles. The first kappa shape index (κ1) is 16.7. The van der Waals surface area contributed by atoms with Crippen LogP contribution in [-0.2, 0) is 4.79 Å². The third kappa shape index (κ3) is 3.52. The molecule has 0 saturated carbocycles. The summed E-state index contributed by atoms with van der Waals surface area (Å²) in [6.07, 6.45) is 0. The number of nitrogens with two attached hydrogens (primary N) is 1. The Hall–Kier alpha value is -2.12. The molecule has 1 aromatic carbocycles. The van der Waals surface area contributed by atoms with Gasteiger partial charge in [-0.1, -0.05) is 42.1 Å². The van der Waals surface area contributed by atoms with E-state index in [9.17, 15) is 4.79 Å². The average molecular weight is 358 g/mol.